The molecule has 0 fully saturated rings. The van der Waals surface area contributed by atoms with Crippen molar-refractivity contribution in [2.75, 3.05) is 20.2 Å². The number of primary sulfonamides is 1. The van der Waals surface area contributed by atoms with Gasteiger partial charge in [0.2, 0.25) is 10.0 Å². The monoisotopic (exact) mass is 418 g/mol. The molecule has 29 heavy (non-hydrogen) atoms. The van der Waals surface area contributed by atoms with Gasteiger partial charge in [-0.2, -0.15) is 0 Å². The van der Waals surface area contributed by atoms with Crippen molar-refractivity contribution in [2.24, 2.45) is 11.1 Å². The number of carbonyl (C=O) groups excluding carboxylic acids is 1. The zero-order valence-electron chi connectivity index (χ0n) is 16.5. The number of hydrogen-bond donors (Lipinski definition) is 3. The Morgan fingerprint density at radius 2 is 2.03 bits per heavy atom. The number of nitrogens with two attached hydrogens (primary N) is 1. The SMILES string of the molecule is COc1ccc2c(c1)CCC(CNC[C@@H](O)c1ccc(C)c(S(N)(=O)=O)c1)C2=O. The molecule has 0 aliphatic heterocycles. The van der Waals surface area contributed by atoms with E-state index < -0.39 is 16.1 Å². The van der Waals surface area contributed by atoms with Crippen LogP contribution in [-0.2, 0) is 16.4 Å². The molecule has 3 rings (SSSR count). The average molecular weight is 419 g/mol. The van der Waals surface area contributed by atoms with Crippen LogP contribution in [0.1, 0.15) is 39.6 Å². The van der Waals surface area contributed by atoms with E-state index in [1.165, 1.54) is 6.07 Å². The van der Waals surface area contributed by atoms with Crippen LogP contribution in [0.15, 0.2) is 41.3 Å². The number of ether oxygens (including phenoxy) is 1. The molecule has 0 bridgehead atoms. The summed E-state index contributed by atoms with van der Waals surface area (Å²) in [6, 6.07) is 10.2. The Bertz CT molecular complexity index is 1020. The number of sulfonamides is 1. The standard InChI is InChI=1S/C21H26N2O5S/c1-13-3-4-15(10-20(13)29(22,26)27)19(24)12-23-11-16-6-5-14-9-17(28-2)7-8-18(14)21(16)25/h3-4,7-10,16,19,23-24H,5-6,11-12H2,1-2H3,(H2,22,26,27)/t16?,19-/m1/s1. The predicted octanol–water partition coefficient (Wildman–Crippen LogP) is 1.72. The van der Waals surface area contributed by atoms with Crippen LogP contribution in [0, 0.1) is 12.8 Å². The second-order valence-corrected chi connectivity index (χ2v) is 8.90. The Hall–Kier alpha value is -2.26. The molecule has 8 heteroatoms. The largest absolute Gasteiger partial charge is 0.497 e. The summed E-state index contributed by atoms with van der Waals surface area (Å²) >= 11 is 0. The third-order valence-electron chi connectivity index (χ3n) is 5.34. The second-order valence-electron chi connectivity index (χ2n) is 7.37. The molecule has 0 saturated heterocycles. The molecule has 0 saturated carbocycles. The zero-order valence-corrected chi connectivity index (χ0v) is 17.3. The molecule has 0 radical (unpaired) electrons. The predicted molar refractivity (Wildman–Crippen MR) is 110 cm³/mol. The number of benzene rings is 2. The van der Waals surface area contributed by atoms with E-state index in [-0.39, 0.29) is 23.1 Å². The van der Waals surface area contributed by atoms with Crippen LogP contribution in [0.4, 0.5) is 0 Å². The van der Waals surface area contributed by atoms with Gasteiger partial charge >= 0.3 is 0 Å². The van der Waals surface area contributed by atoms with Crippen LogP contribution in [0.25, 0.3) is 0 Å². The fourth-order valence-corrected chi connectivity index (χ4v) is 4.48. The fraction of sp³-hybridized carbons (Fsp3) is 0.381. The summed E-state index contributed by atoms with van der Waals surface area (Å²) in [4.78, 5) is 12.7. The van der Waals surface area contributed by atoms with Gasteiger partial charge in [0.05, 0.1) is 18.1 Å². The molecule has 1 unspecified atom stereocenters. The summed E-state index contributed by atoms with van der Waals surface area (Å²) in [7, 11) is -2.25. The average Bonchev–Trinajstić information content (AvgIpc) is 2.68. The van der Waals surface area contributed by atoms with Gasteiger partial charge in [0.15, 0.2) is 5.78 Å². The number of Topliss-reactive ketones (excluding diaryl/α,β-unsaturated/α-hetero) is 1. The molecule has 0 aromatic heterocycles. The van der Waals surface area contributed by atoms with E-state index in [0.29, 0.717) is 17.7 Å². The van der Waals surface area contributed by atoms with Crippen molar-refractivity contribution >= 4 is 15.8 Å². The van der Waals surface area contributed by atoms with Crippen LogP contribution in [0.5, 0.6) is 5.75 Å². The summed E-state index contributed by atoms with van der Waals surface area (Å²) in [6.07, 6.45) is 0.608. The number of aliphatic hydroxyl groups is 1. The highest BCUT2D eigenvalue weighted by Gasteiger charge is 2.27. The summed E-state index contributed by atoms with van der Waals surface area (Å²) in [6.45, 7) is 2.29. The van der Waals surface area contributed by atoms with E-state index in [1.54, 1.807) is 38.3 Å². The van der Waals surface area contributed by atoms with Gasteiger partial charge in [-0.25, -0.2) is 13.6 Å². The molecular weight excluding hydrogens is 392 g/mol. The lowest BCUT2D eigenvalue weighted by molar-refractivity contribution is 0.0894. The number of carbonyl (C=O) groups is 1. The minimum atomic E-state index is -3.85. The molecule has 0 heterocycles. The maximum Gasteiger partial charge on any atom is 0.238 e. The molecule has 1 aliphatic carbocycles. The van der Waals surface area contributed by atoms with Crippen molar-refractivity contribution in [3.8, 4) is 5.75 Å². The Balaban J connectivity index is 1.61. The van der Waals surface area contributed by atoms with Crippen LogP contribution in [-0.4, -0.2) is 39.5 Å². The molecule has 0 spiro atoms. The number of rotatable bonds is 7. The molecule has 156 valence electrons. The van der Waals surface area contributed by atoms with Crippen LogP contribution < -0.4 is 15.2 Å². The minimum Gasteiger partial charge on any atom is -0.497 e. The molecule has 2 aromatic carbocycles. The number of aliphatic hydroxyl groups excluding tert-OH is 1. The van der Waals surface area contributed by atoms with Gasteiger partial charge in [-0.15, -0.1) is 0 Å². The molecule has 1 aliphatic rings. The molecule has 2 aromatic rings. The lowest BCUT2D eigenvalue weighted by Gasteiger charge is -2.24. The lowest BCUT2D eigenvalue weighted by Crippen LogP contribution is -2.34. The third kappa shape index (κ3) is 4.84. The van der Waals surface area contributed by atoms with Gasteiger partial charge in [0.1, 0.15) is 5.75 Å². The number of methoxy groups -OCH3 is 1. The van der Waals surface area contributed by atoms with E-state index in [1.807, 2.05) is 6.07 Å². The normalized spacial score (nSPS) is 17.7. The number of aryl methyl sites for hydroxylation is 2. The van der Waals surface area contributed by atoms with Crippen molar-refractivity contribution in [1.29, 1.82) is 0 Å². The number of fused-ring (bicyclic) bond motifs is 1. The van der Waals surface area contributed by atoms with E-state index in [4.69, 9.17) is 9.88 Å². The molecule has 0 amide bonds. The number of hydrogen-bond acceptors (Lipinski definition) is 6. The maximum absolute atomic E-state index is 12.7. The minimum absolute atomic E-state index is 0.00328. The maximum atomic E-state index is 12.7. The molecule has 4 N–H and O–H groups in total. The topological polar surface area (TPSA) is 119 Å². The van der Waals surface area contributed by atoms with Crippen molar-refractivity contribution < 1.29 is 23.1 Å². The first kappa shape index (κ1) is 21.4. The lowest BCUT2D eigenvalue weighted by atomic mass is 9.82. The van der Waals surface area contributed by atoms with Crippen LogP contribution in [0.2, 0.25) is 0 Å². The van der Waals surface area contributed by atoms with Crippen LogP contribution in [0.3, 0.4) is 0 Å². The van der Waals surface area contributed by atoms with Gasteiger partial charge < -0.3 is 15.2 Å². The van der Waals surface area contributed by atoms with E-state index >= 15 is 0 Å². The van der Waals surface area contributed by atoms with E-state index in [9.17, 15) is 18.3 Å². The summed E-state index contributed by atoms with van der Waals surface area (Å²) < 4.78 is 28.5. The Labute approximate surface area is 170 Å². The summed E-state index contributed by atoms with van der Waals surface area (Å²) in [5.74, 6) is 0.664. The highest BCUT2D eigenvalue weighted by atomic mass is 32.2. The highest BCUT2D eigenvalue weighted by Crippen LogP contribution is 2.28. The smallest absolute Gasteiger partial charge is 0.238 e. The Morgan fingerprint density at radius 3 is 2.72 bits per heavy atom. The van der Waals surface area contributed by atoms with Gasteiger partial charge in [-0.3, -0.25) is 4.79 Å². The molecular formula is C21H26N2O5S. The number of ketones is 1. The first-order chi connectivity index (χ1) is 13.7. The summed E-state index contributed by atoms with van der Waals surface area (Å²) in [5.41, 5.74) is 2.71. The van der Waals surface area contributed by atoms with Gasteiger partial charge in [-0.05, 0) is 60.7 Å². The van der Waals surface area contributed by atoms with Crippen molar-refractivity contribution in [3.63, 3.8) is 0 Å². The van der Waals surface area contributed by atoms with Crippen LogP contribution >= 0.6 is 0 Å². The summed E-state index contributed by atoms with van der Waals surface area (Å²) in [5, 5.41) is 18.8. The van der Waals surface area contributed by atoms with Gasteiger partial charge in [-0.1, -0.05) is 12.1 Å². The molecule has 7 nitrogen and oxygen atoms in total. The Kier molecular flexibility index (Phi) is 6.38. The quantitative estimate of drug-likeness (QED) is 0.630. The van der Waals surface area contributed by atoms with Gasteiger partial charge in [0, 0.05) is 24.6 Å². The van der Waals surface area contributed by atoms with Gasteiger partial charge in [0.25, 0.3) is 0 Å². The zero-order chi connectivity index (χ0) is 21.2. The third-order valence-corrected chi connectivity index (χ3v) is 6.40. The second kappa shape index (κ2) is 8.62. The number of nitrogens with one attached hydrogen (secondary N) is 1. The van der Waals surface area contributed by atoms with Crippen molar-refractivity contribution in [1.82, 2.24) is 5.32 Å². The van der Waals surface area contributed by atoms with E-state index in [0.717, 1.165) is 29.7 Å². The molecule has 2 atom stereocenters. The first-order valence-corrected chi connectivity index (χ1v) is 11.0. The van der Waals surface area contributed by atoms with Crippen molar-refractivity contribution in [2.45, 2.75) is 30.8 Å². The first-order valence-electron chi connectivity index (χ1n) is 9.44. The highest BCUT2D eigenvalue weighted by molar-refractivity contribution is 7.89. The van der Waals surface area contributed by atoms with Crippen molar-refractivity contribution in [3.05, 3.63) is 58.7 Å². The fourth-order valence-electron chi connectivity index (χ4n) is 3.66. The van der Waals surface area contributed by atoms with E-state index in [2.05, 4.69) is 5.32 Å². The Morgan fingerprint density at radius 1 is 1.28 bits per heavy atom.